The van der Waals surface area contributed by atoms with Crippen LogP contribution in [0.15, 0.2) is 60.8 Å². The van der Waals surface area contributed by atoms with Crippen molar-refractivity contribution in [2.45, 2.75) is 135 Å². The lowest BCUT2D eigenvalue weighted by atomic mass is 10.1. The van der Waals surface area contributed by atoms with Crippen molar-refractivity contribution in [3.63, 3.8) is 0 Å². The molecule has 0 aromatic heterocycles. The van der Waals surface area contributed by atoms with Crippen LogP contribution in [-0.4, -0.2) is 80.6 Å². The molecule has 0 rings (SSSR count). The van der Waals surface area contributed by atoms with Crippen molar-refractivity contribution >= 4 is 17.9 Å². The summed E-state index contributed by atoms with van der Waals surface area (Å²) in [7, 11) is 5.49. The van der Waals surface area contributed by atoms with Crippen molar-refractivity contribution < 1.29 is 38.2 Å². The lowest BCUT2D eigenvalue weighted by molar-refractivity contribution is -0.887. The minimum absolute atomic E-state index is 0.0410. The number of hydrogen-bond donors (Lipinski definition) is 1. The Hall–Kier alpha value is -2.97. The number of carbonyl (C=O) groups excluding carboxylic acids is 2. The number of allylic oxidation sites excluding steroid dienone is 10. The summed E-state index contributed by atoms with van der Waals surface area (Å²) < 4.78 is 17.1. The topological polar surface area (TPSA) is 99.1 Å². The molecule has 0 aliphatic carbocycles. The van der Waals surface area contributed by atoms with Gasteiger partial charge in [0.2, 0.25) is 0 Å². The summed E-state index contributed by atoms with van der Waals surface area (Å²) >= 11 is 0. The lowest BCUT2D eigenvalue weighted by Gasteiger charge is -2.31. The predicted molar refractivity (Wildman–Crippen MR) is 197 cm³/mol. The highest BCUT2D eigenvalue weighted by Crippen LogP contribution is 2.12. The first-order valence-corrected chi connectivity index (χ1v) is 18.4. The maximum absolute atomic E-state index is 12.6. The van der Waals surface area contributed by atoms with Crippen LogP contribution in [0, 0.1) is 0 Å². The maximum atomic E-state index is 12.6. The van der Waals surface area contributed by atoms with E-state index in [1.807, 2.05) is 21.1 Å². The summed E-state index contributed by atoms with van der Waals surface area (Å²) in [5.74, 6) is -1.54. The smallest absolute Gasteiger partial charge is 0.362 e. The number of hydrogen-bond acceptors (Lipinski definition) is 6. The molecule has 0 aliphatic rings. The Morgan fingerprint density at radius 1 is 0.646 bits per heavy atom. The van der Waals surface area contributed by atoms with E-state index in [0.29, 0.717) is 19.3 Å². The third-order valence-corrected chi connectivity index (χ3v) is 7.72. The van der Waals surface area contributed by atoms with Crippen LogP contribution in [0.25, 0.3) is 0 Å². The van der Waals surface area contributed by atoms with Gasteiger partial charge in [0, 0.05) is 19.3 Å². The monoisotopic (exact) mass is 674 g/mol. The van der Waals surface area contributed by atoms with Gasteiger partial charge in [0.15, 0.2) is 12.1 Å². The first-order valence-electron chi connectivity index (χ1n) is 18.4. The van der Waals surface area contributed by atoms with Gasteiger partial charge in [-0.25, -0.2) is 4.79 Å². The van der Waals surface area contributed by atoms with Crippen molar-refractivity contribution in [2.24, 2.45) is 0 Å². The number of carboxylic acids is 1. The Bertz CT molecular complexity index is 975. The second-order valence-corrected chi connectivity index (χ2v) is 13.1. The Morgan fingerprint density at radius 2 is 1.21 bits per heavy atom. The molecule has 0 heterocycles. The quantitative estimate of drug-likeness (QED) is 0.0258. The predicted octanol–water partition coefficient (Wildman–Crippen LogP) is 9.07. The summed E-state index contributed by atoms with van der Waals surface area (Å²) in [5, 5.41) is 9.56. The molecule has 0 spiro atoms. The summed E-state index contributed by atoms with van der Waals surface area (Å²) in [4.78, 5) is 36.7. The van der Waals surface area contributed by atoms with E-state index < -0.39 is 18.1 Å². The molecular formula is C40H68NO7+. The number of ether oxygens (including phenoxy) is 3. The normalized spacial score (nSPS) is 13.8. The molecule has 2 atom stereocenters. The molecule has 0 radical (unpaired) electrons. The standard InChI is InChI=1S/C40H67NO7/c1-6-8-10-12-14-16-17-18-19-20-21-23-24-26-28-30-38(42)47-35-36(34-46-33-32-37(40(44)45)41(3,4)5)48-39(43)31-29-27-25-22-15-13-11-9-7-2/h8-12,14-17,22,36-37H,6-7,13,18-21,23-35H2,1-5H3/p+1/b10-8+,11-9+,14-12+,17-16+,22-15+. The van der Waals surface area contributed by atoms with Crippen LogP contribution < -0.4 is 0 Å². The van der Waals surface area contributed by atoms with E-state index in [0.717, 1.165) is 57.8 Å². The fraction of sp³-hybridized carbons (Fsp3) is 0.675. The first kappa shape index (κ1) is 45.0. The van der Waals surface area contributed by atoms with Crippen LogP contribution >= 0.6 is 0 Å². The summed E-state index contributed by atoms with van der Waals surface area (Å²) in [5.41, 5.74) is 0. The average molecular weight is 675 g/mol. The van der Waals surface area contributed by atoms with Crippen molar-refractivity contribution in [2.75, 3.05) is 41.0 Å². The molecule has 0 amide bonds. The molecule has 1 N–H and O–H groups in total. The van der Waals surface area contributed by atoms with Gasteiger partial charge in [0.25, 0.3) is 0 Å². The van der Waals surface area contributed by atoms with Crippen molar-refractivity contribution in [1.82, 2.24) is 0 Å². The molecule has 0 aliphatic heterocycles. The van der Waals surface area contributed by atoms with Gasteiger partial charge in [-0.3, -0.25) is 9.59 Å². The number of aliphatic carboxylic acids is 1. The van der Waals surface area contributed by atoms with Crippen molar-refractivity contribution in [3.05, 3.63) is 60.8 Å². The Labute approximate surface area is 292 Å². The molecule has 0 saturated carbocycles. The highest BCUT2D eigenvalue weighted by Gasteiger charge is 2.31. The van der Waals surface area contributed by atoms with Gasteiger partial charge in [0.05, 0.1) is 34.4 Å². The van der Waals surface area contributed by atoms with Crippen LogP contribution in [0.4, 0.5) is 0 Å². The lowest BCUT2D eigenvalue weighted by Crippen LogP contribution is -2.50. The van der Waals surface area contributed by atoms with Crippen LogP contribution in [-0.2, 0) is 28.6 Å². The molecule has 0 fully saturated rings. The molecule has 48 heavy (non-hydrogen) atoms. The van der Waals surface area contributed by atoms with E-state index in [2.05, 4.69) is 74.6 Å². The Morgan fingerprint density at radius 3 is 1.88 bits per heavy atom. The number of rotatable bonds is 31. The van der Waals surface area contributed by atoms with Crippen molar-refractivity contribution in [1.29, 1.82) is 0 Å². The molecule has 0 bridgehead atoms. The van der Waals surface area contributed by atoms with E-state index in [4.69, 9.17) is 14.2 Å². The fourth-order valence-corrected chi connectivity index (χ4v) is 4.89. The third kappa shape index (κ3) is 29.2. The van der Waals surface area contributed by atoms with E-state index >= 15 is 0 Å². The molecule has 8 nitrogen and oxygen atoms in total. The van der Waals surface area contributed by atoms with E-state index in [1.165, 1.54) is 25.7 Å². The number of carboxylic acid groups (broad SMARTS) is 1. The van der Waals surface area contributed by atoms with E-state index in [-0.39, 0.29) is 42.7 Å². The largest absolute Gasteiger partial charge is 0.477 e. The van der Waals surface area contributed by atoms with Gasteiger partial charge >= 0.3 is 17.9 Å². The minimum Gasteiger partial charge on any atom is -0.477 e. The minimum atomic E-state index is -0.887. The molecule has 0 aromatic rings. The maximum Gasteiger partial charge on any atom is 0.362 e. The number of likely N-dealkylation sites (N-methyl/N-ethyl adjacent to an activating group) is 1. The van der Waals surface area contributed by atoms with Gasteiger partial charge in [-0.1, -0.05) is 107 Å². The van der Waals surface area contributed by atoms with Crippen LogP contribution in [0.1, 0.15) is 123 Å². The summed E-state index contributed by atoms with van der Waals surface area (Å²) in [6.07, 6.45) is 35.6. The molecule has 0 aromatic carbocycles. The number of quaternary nitrogens is 1. The van der Waals surface area contributed by atoms with Gasteiger partial charge in [-0.15, -0.1) is 0 Å². The molecule has 8 heteroatoms. The zero-order valence-electron chi connectivity index (χ0n) is 30.9. The highest BCUT2D eigenvalue weighted by molar-refractivity contribution is 5.72. The van der Waals surface area contributed by atoms with Crippen LogP contribution in [0.5, 0.6) is 0 Å². The first-order chi connectivity index (χ1) is 23.1. The molecule has 274 valence electrons. The SMILES string of the molecule is CC/C=C/C=C/C=C/CCCCCCCCCC(=O)OCC(COCCC(C(=O)O)[N+](C)(C)C)OC(=O)CCCC/C=C/C/C=C/CC. The van der Waals surface area contributed by atoms with E-state index in [1.54, 1.807) is 0 Å². The summed E-state index contributed by atoms with van der Waals surface area (Å²) in [6.45, 7) is 4.40. The number of esters is 2. The fourth-order valence-electron chi connectivity index (χ4n) is 4.89. The van der Waals surface area contributed by atoms with Gasteiger partial charge in [-0.05, 0) is 57.8 Å². The number of nitrogens with zero attached hydrogens (tertiary/aromatic N) is 1. The summed E-state index contributed by atoms with van der Waals surface area (Å²) in [6, 6.07) is -0.622. The average Bonchev–Trinajstić information content (AvgIpc) is 3.03. The van der Waals surface area contributed by atoms with Crippen LogP contribution in [0.2, 0.25) is 0 Å². The zero-order valence-corrected chi connectivity index (χ0v) is 30.9. The Kier molecular flexibility index (Phi) is 29.4. The zero-order chi connectivity index (χ0) is 35.7. The Balaban J connectivity index is 4.45. The van der Waals surface area contributed by atoms with E-state index in [9.17, 15) is 19.5 Å². The van der Waals surface area contributed by atoms with Crippen molar-refractivity contribution in [3.8, 4) is 0 Å². The third-order valence-electron chi connectivity index (χ3n) is 7.72. The molecule has 2 unspecified atom stereocenters. The second kappa shape index (κ2) is 31.3. The molecule has 0 saturated heterocycles. The highest BCUT2D eigenvalue weighted by atomic mass is 16.6. The van der Waals surface area contributed by atoms with Gasteiger partial charge in [-0.2, -0.15) is 0 Å². The molecular weight excluding hydrogens is 606 g/mol. The number of carbonyl (C=O) groups is 3. The van der Waals surface area contributed by atoms with Crippen LogP contribution in [0.3, 0.4) is 0 Å². The number of unbranched alkanes of at least 4 members (excludes halogenated alkanes) is 9. The van der Waals surface area contributed by atoms with Gasteiger partial charge < -0.3 is 23.8 Å². The second-order valence-electron chi connectivity index (χ2n) is 13.1. The van der Waals surface area contributed by atoms with Gasteiger partial charge in [0.1, 0.15) is 6.61 Å².